The Morgan fingerprint density at radius 2 is 1.25 bits per heavy atom. The van der Waals surface area contributed by atoms with E-state index in [0.29, 0.717) is 5.69 Å². The number of carbonyl (C=O) groups is 2. The first-order valence-electron chi connectivity index (χ1n) is 8.85. The van der Waals surface area contributed by atoms with Crippen molar-refractivity contribution < 1.29 is 22.8 Å². The van der Waals surface area contributed by atoms with Crippen molar-refractivity contribution in [1.29, 1.82) is 0 Å². The molecule has 2 aromatic carbocycles. The molecule has 0 saturated heterocycles. The summed E-state index contributed by atoms with van der Waals surface area (Å²) in [7, 11) is 0. The number of anilines is 3. The quantitative estimate of drug-likeness (QED) is 0.680. The van der Waals surface area contributed by atoms with Crippen molar-refractivity contribution in [2.45, 2.75) is 26.4 Å². The average Bonchev–Trinajstić information content (AvgIpc) is 2.63. The Kier molecular flexibility index (Phi) is 7.03. The number of carbonyl (C=O) groups excluding carboxylic acids is 2. The molecule has 150 valence electrons. The van der Waals surface area contributed by atoms with Gasteiger partial charge in [-0.3, -0.25) is 9.59 Å². The summed E-state index contributed by atoms with van der Waals surface area (Å²) in [5, 5.41) is 5.03. The molecular weight excluding hydrogens is 371 g/mol. The third kappa shape index (κ3) is 6.00. The molecule has 0 saturated carbocycles. The van der Waals surface area contributed by atoms with E-state index in [4.69, 9.17) is 0 Å². The summed E-state index contributed by atoms with van der Waals surface area (Å²) in [6.07, 6.45) is -4.89. The minimum Gasteiger partial charge on any atom is -0.372 e. The standard InChI is InChI=1S/C20H22F3N3O2/c1-3-26(4-2)17-11-9-16(10-12-17)25-19(28)13-18(27)24-15-7-5-14(6-8-15)20(21,22)23/h5-12H,3-4,13H2,1-2H3,(H,24,27)(H,25,28). The Bertz CT molecular complexity index is 799. The van der Waals surface area contributed by atoms with Gasteiger partial charge in [-0.2, -0.15) is 13.2 Å². The molecule has 2 rings (SSSR count). The minimum atomic E-state index is -4.44. The van der Waals surface area contributed by atoms with Crippen molar-refractivity contribution in [3.63, 3.8) is 0 Å². The Labute approximate surface area is 161 Å². The summed E-state index contributed by atoms with van der Waals surface area (Å²) >= 11 is 0. The number of alkyl halides is 3. The molecule has 0 atom stereocenters. The second kappa shape index (κ2) is 9.25. The maximum Gasteiger partial charge on any atom is 0.416 e. The van der Waals surface area contributed by atoms with Crippen LogP contribution >= 0.6 is 0 Å². The maximum absolute atomic E-state index is 12.5. The highest BCUT2D eigenvalue weighted by atomic mass is 19.4. The third-order valence-electron chi connectivity index (χ3n) is 4.10. The fourth-order valence-electron chi connectivity index (χ4n) is 2.64. The fourth-order valence-corrected chi connectivity index (χ4v) is 2.64. The lowest BCUT2D eigenvalue weighted by molar-refractivity contribution is -0.137. The van der Waals surface area contributed by atoms with Crippen LogP contribution in [0.4, 0.5) is 30.2 Å². The minimum absolute atomic E-state index is 0.189. The largest absolute Gasteiger partial charge is 0.416 e. The SMILES string of the molecule is CCN(CC)c1ccc(NC(=O)CC(=O)Nc2ccc(C(F)(F)F)cc2)cc1. The number of hydrogen-bond acceptors (Lipinski definition) is 3. The smallest absolute Gasteiger partial charge is 0.372 e. The van der Waals surface area contributed by atoms with Gasteiger partial charge in [-0.05, 0) is 62.4 Å². The monoisotopic (exact) mass is 393 g/mol. The molecule has 28 heavy (non-hydrogen) atoms. The van der Waals surface area contributed by atoms with E-state index in [1.165, 1.54) is 0 Å². The second-order valence-corrected chi connectivity index (χ2v) is 6.07. The molecule has 0 aliphatic heterocycles. The fraction of sp³-hybridized carbons (Fsp3) is 0.300. The number of nitrogens with one attached hydrogen (secondary N) is 2. The van der Waals surface area contributed by atoms with Crippen LogP contribution in [0.25, 0.3) is 0 Å². The van der Waals surface area contributed by atoms with Gasteiger partial charge in [0.2, 0.25) is 11.8 Å². The zero-order valence-corrected chi connectivity index (χ0v) is 15.6. The van der Waals surface area contributed by atoms with Gasteiger partial charge in [-0.1, -0.05) is 0 Å². The van der Waals surface area contributed by atoms with Crippen molar-refractivity contribution in [2.75, 3.05) is 28.6 Å². The molecule has 8 heteroatoms. The zero-order valence-electron chi connectivity index (χ0n) is 15.6. The highest BCUT2D eigenvalue weighted by Gasteiger charge is 2.30. The van der Waals surface area contributed by atoms with Gasteiger partial charge in [0, 0.05) is 30.2 Å². The van der Waals surface area contributed by atoms with E-state index in [2.05, 4.69) is 29.4 Å². The Morgan fingerprint density at radius 3 is 1.64 bits per heavy atom. The van der Waals surface area contributed by atoms with E-state index in [-0.39, 0.29) is 5.69 Å². The van der Waals surface area contributed by atoms with Crippen molar-refractivity contribution in [2.24, 2.45) is 0 Å². The summed E-state index contributed by atoms with van der Waals surface area (Å²) in [5.74, 6) is -1.13. The topological polar surface area (TPSA) is 61.4 Å². The van der Waals surface area contributed by atoms with E-state index < -0.39 is 30.0 Å². The molecular formula is C20H22F3N3O2. The summed E-state index contributed by atoms with van der Waals surface area (Å²) in [5.41, 5.74) is 0.969. The molecule has 0 heterocycles. The van der Waals surface area contributed by atoms with E-state index >= 15 is 0 Å². The lowest BCUT2D eigenvalue weighted by atomic mass is 10.2. The highest BCUT2D eigenvalue weighted by Crippen LogP contribution is 2.29. The van der Waals surface area contributed by atoms with Crippen LogP contribution in [0, 0.1) is 0 Å². The van der Waals surface area contributed by atoms with Gasteiger partial charge in [-0.15, -0.1) is 0 Å². The third-order valence-corrected chi connectivity index (χ3v) is 4.10. The van der Waals surface area contributed by atoms with Gasteiger partial charge < -0.3 is 15.5 Å². The van der Waals surface area contributed by atoms with Crippen molar-refractivity contribution in [3.8, 4) is 0 Å². The first kappa shape index (κ1) is 21.3. The normalized spacial score (nSPS) is 11.0. The predicted molar refractivity (Wildman–Crippen MR) is 103 cm³/mol. The number of benzene rings is 2. The van der Waals surface area contributed by atoms with E-state index in [1.54, 1.807) is 12.1 Å². The number of halogens is 3. The van der Waals surface area contributed by atoms with Crippen molar-refractivity contribution >= 4 is 28.9 Å². The molecule has 2 amide bonds. The molecule has 0 aliphatic rings. The van der Waals surface area contributed by atoms with Crippen LogP contribution in [0.5, 0.6) is 0 Å². The molecule has 0 bridgehead atoms. The molecule has 2 N–H and O–H groups in total. The molecule has 0 spiro atoms. The van der Waals surface area contributed by atoms with E-state index in [0.717, 1.165) is 43.0 Å². The molecule has 0 aromatic heterocycles. The molecule has 0 aliphatic carbocycles. The number of nitrogens with zero attached hydrogens (tertiary/aromatic N) is 1. The summed E-state index contributed by atoms with van der Waals surface area (Å²) in [6, 6.07) is 11.3. The van der Waals surface area contributed by atoms with Crippen LogP contribution in [0.1, 0.15) is 25.8 Å². The van der Waals surface area contributed by atoms with Crippen LogP contribution in [0.2, 0.25) is 0 Å². The first-order valence-corrected chi connectivity index (χ1v) is 8.85. The molecule has 0 unspecified atom stereocenters. The zero-order chi connectivity index (χ0) is 20.7. The van der Waals surface area contributed by atoms with Crippen LogP contribution in [0.15, 0.2) is 48.5 Å². The Hall–Kier alpha value is -3.03. The number of hydrogen-bond donors (Lipinski definition) is 2. The Balaban J connectivity index is 1.88. The average molecular weight is 393 g/mol. The van der Waals surface area contributed by atoms with Crippen LogP contribution in [0.3, 0.4) is 0 Å². The van der Waals surface area contributed by atoms with Crippen molar-refractivity contribution in [3.05, 3.63) is 54.1 Å². The summed E-state index contributed by atoms with van der Waals surface area (Å²) in [4.78, 5) is 26.1. The van der Waals surface area contributed by atoms with Gasteiger partial charge in [-0.25, -0.2) is 0 Å². The number of rotatable bonds is 7. The van der Waals surface area contributed by atoms with Gasteiger partial charge >= 0.3 is 6.18 Å². The second-order valence-electron chi connectivity index (χ2n) is 6.07. The summed E-state index contributed by atoms with van der Waals surface area (Å²) in [6.45, 7) is 5.83. The first-order chi connectivity index (χ1) is 13.2. The molecule has 5 nitrogen and oxygen atoms in total. The molecule has 0 fully saturated rings. The van der Waals surface area contributed by atoms with Crippen LogP contribution in [-0.2, 0) is 15.8 Å². The lowest BCUT2D eigenvalue weighted by Gasteiger charge is -2.21. The van der Waals surface area contributed by atoms with E-state index in [9.17, 15) is 22.8 Å². The summed E-state index contributed by atoms with van der Waals surface area (Å²) < 4.78 is 37.6. The predicted octanol–water partition coefficient (Wildman–Crippen LogP) is 4.52. The van der Waals surface area contributed by atoms with E-state index in [1.807, 2.05) is 12.1 Å². The van der Waals surface area contributed by atoms with Gasteiger partial charge in [0.05, 0.1) is 5.56 Å². The maximum atomic E-state index is 12.5. The van der Waals surface area contributed by atoms with Gasteiger partial charge in [0.25, 0.3) is 0 Å². The van der Waals surface area contributed by atoms with Crippen molar-refractivity contribution in [1.82, 2.24) is 0 Å². The van der Waals surface area contributed by atoms with Gasteiger partial charge in [0.1, 0.15) is 6.42 Å². The lowest BCUT2D eigenvalue weighted by Crippen LogP contribution is -2.22. The van der Waals surface area contributed by atoms with Crippen LogP contribution in [-0.4, -0.2) is 24.9 Å². The van der Waals surface area contributed by atoms with Gasteiger partial charge in [0.15, 0.2) is 0 Å². The molecule has 2 aromatic rings. The molecule has 0 radical (unpaired) electrons. The highest BCUT2D eigenvalue weighted by molar-refractivity contribution is 6.08. The Morgan fingerprint density at radius 1 is 0.821 bits per heavy atom. The number of amides is 2. The van der Waals surface area contributed by atoms with Crippen LogP contribution < -0.4 is 15.5 Å².